The summed E-state index contributed by atoms with van der Waals surface area (Å²) in [6, 6.07) is 5.31. The van der Waals surface area contributed by atoms with Crippen LogP contribution in [0.15, 0.2) is 27.4 Å². The molecule has 0 aliphatic heterocycles. The molecule has 5 nitrogen and oxygen atoms in total. The fraction of sp³-hybridized carbons (Fsp3) is 0.200. The van der Waals surface area contributed by atoms with Crippen molar-refractivity contribution < 1.29 is 9.21 Å². The van der Waals surface area contributed by atoms with Crippen molar-refractivity contribution in [3.63, 3.8) is 0 Å². The minimum atomic E-state index is -0.567. The number of aryl methyl sites for hydroxylation is 1. The van der Waals surface area contributed by atoms with E-state index >= 15 is 0 Å². The largest absolute Gasteiger partial charge is 0.420 e. The molecule has 0 saturated heterocycles. The summed E-state index contributed by atoms with van der Waals surface area (Å²) < 4.78 is 6.22. The van der Waals surface area contributed by atoms with Crippen molar-refractivity contribution in [3.05, 3.63) is 34.3 Å². The van der Waals surface area contributed by atoms with Crippen LogP contribution >= 0.6 is 0 Å². The molecule has 1 aromatic heterocycles. The van der Waals surface area contributed by atoms with Crippen molar-refractivity contribution in [2.75, 3.05) is 0 Å². The van der Waals surface area contributed by atoms with Gasteiger partial charge in [-0.2, -0.15) is 0 Å². The Kier molecular flexibility index (Phi) is 2.07. The molecule has 1 amide bonds. The molecule has 2 rings (SSSR count). The van der Waals surface area contributed by atoms with Gasteiger partial charge in [-0.25, -0.2) is 4.79 Å². The monoisotopic (exact) mass is 206 g/mol. The highest BCUT2D eigenvalue weighted by Crippen LogP contribution is 2.16. The lowest BCUT2D eigenvalue weighted by Crippen LogP contribution is -2.25. The molecule has 0 spiro atoms. The molecule has 0 radical (unpaired) electrons. The van der Waals surface area contributed by atoms with Gasteiger partial charge >= 0.3 is 5.76 Å². The van der Waals surface area contributed by atoms with Gasteiger partial charge in [0.2, 0.25) is 5.91 Å². The van der Waals surface area contributed by atoms with E-state index in [1.807, 2.05) is 13.0 Å². The number of oxazole rings is 1. The number of para-hydroxylation sites is 1. The van der Waals surface area contributed by atoms with Gasteiger partial charge in [-0.05, 0) is 18.6 Å². The van der Waals surface area contributed by atoms with Crippen molar-refractivity contribution in [1.82, 2.24) is 4.57 Å². The van der Waals surface area contributed by atoms with Crippen LogP contribution in [-0.4, -0.2) is 10.5 Å². The van der Waals surface area contributed by atoms with Gasteiger partial charge in [0.1, 0.15) is 6.54 Å². The minimum absolute atomic E-state index is 0.156. The smallest absolute Gasteiger partial charge is 0.408 e. The summed E-state index contributed by atoms with van der Waals surface area (Å²) >= 11 is 0. The summed E-state index contributed by atoms with van der Waals surface area (Å²) in [6.07, 6.45) is 0. The molecule has 15 heavy (non-hydrogen) atoms. The number of hydrogen-bond donors (Lipinski definition) is 1. The van der Waals surface area contributed by atoms with Gasteiger partial charge < -0.3 is 10.2 Å². The zero-order valence-electron chi connectivity index (χ0n) is 8.19. The molecule has 0 aliphatic carbocycles. The van der Waals surface area contributed by atoms with E-state index in [9.17, 15) is 9.59 Å². The molecule has 2 N–H and O–H groups in total. The maximum Gasteiger partial charge on any atom is 0.420 e. The molecule has 2 aromatic rings. The van der Waals surface area contributed by atoms with E-state index in [0.717, 1.165) is 5.56 Å². The summed E-state index contributed by atoms with van der Waals surface area (Å²) in [5, 5.41) is 0. The molecule has 0 aliphatic rings. The fourth-order valence-electron chi connectivity index (χ4n) is 1.60. The summed E-state index contributed by atoms with van der Waals surface area (Å²) in [5.41, 5.74) is 7.03. The molecule has 0 unspecified atom stereocenters. The van der Waals surface area contributed by atoms with Crippen LogP contribution in [0, 0.1) is 6.92 Å². The predicted octanol–water partition coefficient (Wildman–Crippen LogP) is 0.388. The summed E-state index contributed by atoms with van der Waals surface area (Å²) in [6.45, 7) is 1.69. The molecule has 1 heterocycles. The molecule has 0 fully saturated rings. The summed E-state index contributed by atoms with van der Waals surface area (Å²) in [7, 11) is 0. The van der Waals surface area contributed by atoms with Crippen LogP contribution < -0.4 is 11.5 Å². The number of fused-ring (bicyclic) bond motifs is 1. The predicted molar refractivity (Wildman–Crippen MR) is 54.4 cm³/mol. The molecule has 0 saturated carbocycles. The van der Waals surface area contributed by atoms with Gasteiger partial charge in [-0.3, -0.25) is 9.36 Å². The number of nitrogens with zero attached hydrogens (tertiary/aromatic N) is 1. The van der Waals surface area contributed by atoms with E-state index < -0.39 is 11.7 Å². The van der Waals surface area contributed by atoms with Crippen molar-refractivity contribution in [2.24, 2.45) is 5.73 Å². The highest BCUT2D eigenvalue weighted by molar-refractivity contribution is 5.80. The number of amides is 1. The van der Waals surface area contributed by atoms with E-state index in [2.05, 4.69) is 0 Å². The average Bonchev–Trinajstić information content (AvgIpc) is 2.43. The van der Waals surface area contributed by atoms with Gasteiger partial charge in [-0.15, -0.1) is 0 Å². The normalized spacial score (nSPS) is 10.7. The van der Waals surface area contributed by atoms with Crippen molar-refractivity contribution in [2.45, 2.75) is 13.5 Å². The van der Waals surface area contributed by atoms with E-state index in [1.165, 1.54) is 4.57 Å². The summed E-state index contributed by atoms with van der Waals surface area (Å²) in [4.78, 5) is 22.2. The third-order valence-corrected chi connectivity index (χ3v) is 2.20. The number of benzene rings is 1. The number of primary amides is 1. The number of nitrogens with two attached hydrogens (primary N) is 1. The van der Waals surface area contributed by atoms with Gasteiger partial charge in [-0.1, -0.05) is 12.1 Å². The van der Waals surface area contributed by atoms with Crippen LogP contribution in [0.1, 0.15) is 5.56 Å². The number of carbonyl (C=O) groups is 1. The lowest BCUT2D eigenvalue weighted by Gasteiger charge is -2.00. The summed E-state index contributed by atoms with van der Waals surface area (Å²) in [5.74, 6) is -1.12. The second kappa shape index (κ2) is 3.27. The third-order valence-electron chi connectivity index (χ3n) is 2.20. The average molecular weight is 206 g/mol. The Labute approximate surface area is 85.1 Å². The molecule has 5 heteroatoms. The van der Waals surface area contributed by atoms with E-state index in [-0.39, 0.29) is 6.54 Å². The first-order valence-electron chi connectivity index (χ1n) is 4.47. The van der Waals surface area contributed by atoms with E-state index in [1.54, 1.807) is 12.1 Å². The van der Waals surface area contributed by atoms with Crippen LogP contribution in [0.2, 0.25) is 0 Å². The number of hydrogen-bond acceptors (Lipinski definition) is 3. The Hall–Kier alpha value is -2.04. The minimum Gasteiger partial charge on any atom is -0.408 e. The number of aromatic nitrogens is 1. The van der Waals surface area contributed by atoms with Crippen LogP contribution in [0.4, 0.5) is 0 Å². The van der Waals surface area contributed by atoms with Crippen LogP contribution in [-0.2, 0) is 11.3 Å². The van der Waals surface area contributed by atoms with Crippen LogP contribution in [0.5, 0.6) is 0 Å². The van der Waals surface area contributed by atoms with Crippen molar-refractivity contribution in [3.8, 4) is 0 Å². The second-order valence-electron chi connectivity index (χ2n) is 3.34. The van der Waals surface area contributed by atoms with Gasteiger partial charge in [0.05, 0.1) is 5.52 Å². The van der Waals surface area contributed by atoms with Gasteiger partial charge in [0, 0.05) is 0 Å². The molecule has 0 atom stereocenters. The number of rotatable bonds is 2. The van der Waals surface area contributed by atoms with Crippen molar-refractivity contribution in [1.29, 1.82) is 0 Å². The first kappa shape index (κ1) is 9.51. The van der Waals surface area contributed by atoms with Crippen molar-refractivity contribution >= 4 is 17.0 Å². The Morgan fingerprint density at radius 3 is 2.93 bits per heavy atom. The lowest BCUT2D eigenvalue weighted by atomic mass is 10.2. The fourth-order valence-corrected chi connectivity index (χ4v) is 1.60. The number of carbonyl (C=O) groups excluding carboxylic acids is 1. The first-order chi connectivity index (χ1) is 7.09. The quantitative estimate of drug-likeness (QED) is 0.771. The lowest BCUT2D eigenvalue weighted by molar-refractivity contribution is -0.118. The van der Waals surface area contributed by atoms with Crippen LogP contribution in [0.25, 0.3) is 11.1 Å². The Morgan fingerprint density at radius 1 is 1.53 bits per heavy atom. The topological polar surface area (TPSA) is 78.2 Å². The van der Waals surface area contributed by atoms with E-state index in [4.69, 9.17) is 10.2 Å². The molecule has 0 bridgehead atoms. The standard InChI is InChI=1S/C10H10N2O3/c1-6-3-2-4-7-9(6)12(5-8(11)13)10(14)15-7/h2-4H,5H2,1H3,(H2,11,13). The maximum absolute atomic E-state index is 11.4. The van der Waals surface area contributed by atoms with Gasteiger partial charge in [0.15, 0.2) is 5.58 Å². The third kappa shape index (κ3) is 1.52. The Morgan fingerprint density at radius 2 is 2.27 bits per heavy atom. The molecular formula is C10H10N2O3. The Bertz CT molecular complexity index is 580. The zero-order valence-corrected chi connectivity index (χ0v) is 8.19. The first-order valence-corrected chi connectivity index (χ1v) is 4.47. The Balaban J connectivity index is 2.76. The van der Waals surface area contributed by atoms with E-state index in [0.29, 0.717) is 11.1 Å². The molecule has 1 aromatic carbocycles. The van der Waals surface area contributed by atoms with Gasteiger partial charge in [0.25, 0.3) is 0 Å². The molecular weight excluding hydrogens is 196 g/mol. The highest BCUT2D eigenvalue weighted by Gasteiger charge is 2.12. The molecule has 78 valence electrons. The zero-order chi connectivity index (χ0) is 11.0. The second-order valence-corrected chi connectivity index (χ2v) is 3.34. The maximum atomic E-state index is 11.4. The highest BCUT2D eigenvalue weighted by atomic mass is 16.4. The SMILES string of the molecule is Cc1cccc2oc(=O)n(CC(N)=O)c12. The van der Waals surface area contributed by atoms with Crippen LogP contribution in [0.3, 0.4) is 0 Å².